The van der Waals surface area contributed by atoms with E-state index in [1.54, 1.807) is 6.20 Å². The number of fused-ring (bicyclic) bond motifs is 1. The highest BCUT2D eigenvalue weighted by Crippen LogP contribution is 2.27. The van der Waals surface area contributed by atoms with Crippen LogP contribution in [0.1, 0.15) is 19.8 Å². The molecule has 0 spiro atoms. The fourth-order valence-electron chi connectivity index (χ4n) is 2.58. The minimum atomic E-state index is 0.0491. The molecule has 3 rings (SSSR count). The van der Waals surface area contributed by atoms with Gasteiger partial charge in [0.25, 0.3) is 0 Å². The second-order valence-corrected chi connectivity index (χ2v) is 5.69. The first kappa shape index (κ1) is 14.1. The molecule has 0 N–H and O–H groups in total. The molecule has 1 aliphatic carbocycles. The molecule has 0 aromatic carbocycles. The average molecular weight is 300 g/mol. The molecule has 3 nitrogen and oxygen atoms in total. The summed E-state index contributed by atoms with van der Waals surface area (Å²) < 4.78 is 0. The van der Waals surface area contributed by atoms with Gasteiger partial charge in [0.15, 0.2) is 5.84 Å². The zero-order valence-electron chi connectivity index (χ0n) is 12.3. The predicted octanol–water partition coefficient (Wildman–Crippen LogP) is 3.97. The van der Waals surface area contributed by atoms with Crippen LogP contribution in [-0.2, 0) is 0 Å². The number of allylic oxidation sites excluding steroid dienone is 6. The Kier molecular flexibility index (Phi) is 3.93. The zero-order valence-corrected chi connectivity index (χ0v) is 13.0. The van der Waals surface area contributed by atoms with E-state index in [1.807, 2.05) is 19.2 Å². The number of nitrogens with zero attached hydrogens (tertiary/aromatic N) is 3. The van der Waals surface area contributed by atoms with Gasteiger partial charge in [-0.25, -0.2) is 0 Å². The Balaban J connectivity index is 1.99. The summed E-state index contributed by atoms with van der Waals surface area (Å²) in [4.78, 5) is 11.4. The highest BCUT2D eigenvalue weighted by atomic mass is 35.5. The van der Waals surface area contributed by atoms with Gasteiger partial charge in [0.2, 0.25) is 0 Å². The molecule has 0 saturated heterocycles. The summed E-state index contributed by atoms with van der Waals surface area (Å²) in [5.41, 5.74) is 3.20. The van der Waals surface area contributed by atoms with Crippen molar-refractivity contribution < 1.29 is 0 Å². The van der Waals surface area contributed by atoms with E-state index >= 15 is 0 Å². The lowest BCUT2D eigenvalue weighted by atomic mass is 10.1. The molecule has 0 fully saturated rings. The molecular weight excluding hydrogens is 282 g/mol. The van der Waals surface area contributed by atoms with E-state index < -0.39 is 0 Å². The molecule has 21 heavy (non-hydrogen) atoms. The van der Waals surface area contributed by atoms with Gasteiger partial charge >= 0.3 is 0 Å². The third-order valence-corrected chi connectivity index (χ3v) is 4.09. The van der Waals surface area contributed by atoms with Crippen LogP contribution in [0, 0.1) is 0 Å². The van der Waals surface area contributed by atoms with E-state index in [4.69, 9.17) is 16.6 Å². The van der Waals surface area contributed by atoms with Gasteiger partial charge in [-0.3, -0.25) is 9.98 Å². The van der Waals surface area contributed by atoms with E-state index in [9.17, 15) is 0 Å². The molecule has 0 radical (unpaired) electrons. The van der Waals surface area contributed by atoms with Crippen molar-refractivity contribution in [2.24, 2.45) is 9.98 Å². The summed E-state index contributed by atoms with van der Waals surface area (Å²) in [5, 5.41) is 0.666. The van der Waals surface area contributed by atoms with Gasteiger partial charge in [0.05, 0.1) is 5.03 Å². The predicted molar refractivity (Wildman–Crippen MR) is 89.7 cm³/mol. The Morgan fingerprint density at radius 1 is 1.24 bits per heavy atom. The highest BCUT2D eigenvalue weighted by Gasteiger charge is 2.30. The Bertz CT molecular complexity index is 660. The lowest BCUT2D eigenvalue weighted by Gasteiger charge is -2.19. The summed E-state index contributed by atoms with van der Waals surface area (Å²) in [6.45, 7) is 2.11. The first-order chi connectivity index (χ1) is 10.2. The normalized spacial score (nSPS) is 31.5. The monoisotopic (exact) mass is 299 g/mol. The lowest BCUT2D eigenvalue weighted by Crippen LogP contribution is -2.29. The maximum Gasteiger partial charge on any atom is 0.156 e. The highest BCUT2D eigenvalue weighted by molar-refractivity contribution is 6.60. The van der Waals surface area contributed by atoms with Crippen molar-refractivity contribution in [2.75, 3.05) is 7.05 Å². The maximum absolute atomic E-state index is 6.35. The molecule has 0 saturated carbocycles. The third kappa shape index (κ3) is 2.79. The fraction of sp³-hybridized carbons (Fsp3) is 0.294. The molecule has 0 aromatic heterocycles. The SMILES string of the molecule is CC1=C\C/C=C2\C(/C=C\1)N=C(C1=NC=CCC=C1Cl)N2C. The van der Waals surface area contributed by atoms with Crippen LogP contribution in [0.15, 0.2) is 68.9 Å². The van der Waals surface area contributed by atoms with Crippen LogP contribution in [0.2, 0.25) is 0 Å². The number of amidine groups is 1. The van der Waals surface area contributed by atoms with Gasteiger partial charge < -0.3 is 4.90 Å². The zero-order chi connectivity index (χ0) is 14.8. The summed E-state index contributed by atoms with van der Waals surface area (Å²) >= 11 is 6.35. The van der Waals surface area contributed by atoms with Crippen LogP contribution in [0.25, 0.3) is 0 Å². The summed E-state index contributed by atoms with van der Waals surface area (Å²) in [6.07, 6.45) is 16.2. The molecule has 0 bridgehead atoms. The minimum Gasteiger partial charge on any atom is -0.329 e. The first-order valence-corrected chi connectivity index (χ1v) is 7.50. The Hall–Kier alpha value is -1.87. The van der Waals surface area contributed by atoms with Crippen molar-refractivity contribution >= 4 is 23.1 Å². The molecule has 2 aliphatic heterocycles. The standard InChI is InChI=1S/C17H18ClN3/c1-12-6-5-8-15-14(10-9-12)20-17(21(15)2)16-13(18)7-3-4-11-19-16/h4,6-11,14H,3,5H2,1-2H3/b10-9-,12-6+,15-8+. The molecular formula is C17H18ClN3. The van der Waals surface area contributed by atoms with Gasteiger partial charge in [-0.2, -0.15) is 0 Å². The van der Waals surface area contributed by atoms with Gasteiger partial charge in [0, 0.05) is 18.9 Å². The Morgan fingerprint density at radius 3 is 2.95 bits per heavy atom. The quantitative estimate of drug-likeness (QED) is 0.720. The molecule has 3 aliphatic rings. The van der Waals surface area contributed by atoms with Gasteiger partial charge in [-0.1, -0.05) is 53.6 Å². The van der Waals surface area contributed by atoms with E-state index in [2.05, 4.69) is 41.1 Å². The fourth-order valence-corrected chi connectivity index (χ4v) is 2.81. The van der Waals surface area contributed by atoms with Crippen LogP contribution >= 0.6 is 11.6 Å². The van der Waals surface area contributed by atoms with E-state index in [0.717, 1.165) is 24.4 Å². The number of rotatable bonds is 1. The van der Waals surface area contributed by atoms with Crippen molar-refractivity contribution in [1.29, 1.82) is 0 Å². The number of likely N-dealkylation sites (N-methyl/N-ethyl adjacent to an activating group) is 1. The molecule has 108 valence electrons. The maximum atomic E-state index is 6.35. The van der Waals surface area contributed by atoms with Gasteiger partial charge in [0.1, 0.15) is 11.8 Å². The second-order valence-electron chi connectivity index (χ2n) is 5.28. The van der Waals surface area contributed by atoms with Gasteiger partial charge in [-0.05, 0) is 19.8 Å². The van der Waals surface area contributed by atoms with Crippen molar-refractivity contribution in [3.8, 4) is 0 Å². The molecule has 1 unspecified atom stereocenters. The summed E-state index contributed by atoms with van der Waals surface area (Å²) in [6, 6.07) is 0.0491. The molecule has 4 heteroatoms. The number of aliphatic imine (C=N–C) groups is 2. The smallest absolute Gasteiger partial charge is 0.156 e. The molecule has 1 atom stereocenters. The first-order valence-electron chi connectivity index (χ1n) is 7.12. The van der Waals surface area contributed by atoms with Crippen LogP contribution in [0.5, 0.6) is 0 Å². The van der Waals surface area contributed by atoms with Crippen LogP contribution in [-0.4, -0.2) is 29.5 Å². The number of halogens is 1. The average Bonchev–Trinajstić information content (AvgIpc) is 2.62. The lowest BCUT2D eigenvalue weighted by molar-refractivity contribution is 0.631. The molecule has 0 amide bonds. The molecule has 0 aromatic rings. The second kappa shape index (κ2) is 5.86. The Morgan fingerprint density at radius 2 is 2.10 bits per heavy atom. The topological polar surface area (TPSA) is 28.0 Å². The van der Waals surface area contributed by atoms with Crippen LogP contribution in [0.3, 0.4) is 0 Å². The van der Waals surface area contributed by atoms with E-state index in [1.165, 1.54) is 11.3 Å². The summed E-state index contributed by atoms with van der Waals surface area (Å²) in [5.74, 6) is 0.836. The van der Waals surface area contributed by atoms with Crippen molar-refractivity contribution in [2.45, 2.75) is 25.8 Å². The van der Waals surface area contributed by atoms with Gasteiger partial charge in [-0.15, -0.1) is 0 Å². The Labute approximate surface area is 130 Å². The van der Waals surface area contributed by atoms with Crippen molar-refractivity contribution in [1.82, 2.24) is 4.90 Å². The van der Waals surface area contributed by atoms with Crippen molar-refractivity contribution in [3.63, 3.8) is 0 Å². The third-order valence-electron chi connectivity index (χ3n) is 3.76. The van der Waals surface area contributed by atoms with Crippen molar-refractivity contribution in [3.05, 3.63) is 59.0 Å². The largest absolute Gasteiger partial charge is 0.329 e. The number of hydrogen-bond acceptors (Lipinski definition) is 3. The minimum absolute atomic E-state index is 0.0491. The van der Waals surface area contributed by atoms with Crippen LogP contribution < -0.4 is 0 Å². The summed E-state index contributed by atoms with van der Waals surface area (Å²) in [7, 11) is 2.03. The van der Waals surface area contributed by atoms with Crippen LogP contribution in [0.4, 0.5) is 0 Å². The number of hydrogen-bond donors (Lipinski definition) is 0. The molecule has 2 heterocycles. The van der Waals surface area contributed by atoms with E-state index in [-0.39, 0.29) is 6.04 Å². The van der Waals surface area contributed by atoms with E-state index in [0.29, 0.717) is 5.03 Å².